The number of aliphatic hydroxyl groups is 1. The molecule has 0 unspecified atom stereocenters. The van der Waals surface area contributed by atoms with Crippen LogP contribution in [0.4, 0.5) is 0 Å². The van der Waals surface area contributed by atoms with Crippen molar-refractivity contribution in [1.29, 1.82) is 0 Å². The van der Waals surface area contributed by atoms with E-state index in [0.717, 1.165) is 5.56 Å². The van der Waals surface area contributed by atoms with Gasteiger partial charge in [-0.25, -0.2) is 0 Å². The first-order valence-corrected chi connectivity index (χ1v) is 6.26. The summed E-state index contributed by atoms with van der Waals surface area (Å²) in [6.07, 6.45) is -0.825. The number of hydrogen-bond donors (Lipinski definition) is 3. The maximum atomic E-state index is 11.7. The lowest BCUT2D eigenvalue weighted by Gasteiger charge is -2.17. The first-order chi connectivity index (χ1) is 8.99. The van der Waals surface area contributed by atoms with Crippen LogP contribution in [0, 0.1) is 5.92 Å². The molecule has 1 aromatic rings. The summed E-state index contributed by atoms with van der Waals surface area (Å²) in [4.78, 5) is 22.4. The monoisotopic (exact) mass is 264 g/mol. The van der Waals surface area contributed by atoms with Gasteiger partial charge < -0.3 is 16.2 Å². The van der Waals surface area contributed by atoms with Crippen molar-refractivity contribution in [2.24, 2.45) is 11.7 Å². The number of nitrogens with one attached hydrogen (secondary N) is 1. The Morgan fingerprint density at radius 1 is 1.26 bits per heavy atom. The molecule has 19 heavy (non-hydrogen) atoms. The molecule has 4 N–H and O–H groups in total. The Balaban J connectivity index is 2.32. The topological polar surface area (TPSA) is 92.4 Å². The quantitative estimate of drug-likeness (QED) is 0.672. The molecular weight excluding hydrogens is 244 g/mol. The van der Waals surface area contributed by atoms with Crippen LogP contribution in [0.25, 0.3) is 0 Å². The van der Waals surface area contributed by atoms with Crippen molar-refractivity contribution in [3.05, 3.63) is 35.9 Å². The van der Waals surface area contributed by atoms with Crippen LogP contribution in [0.15, 0.2) is 30.3 Å². The minimum absolute atomic E-state index is 0.118. The summed E-state index contributed by atoms with van der Waals surface area (Å²) in [6.45, 7) is 2.17. The van der Waals surface area contributed by atoms with E-state index >= 15 is 0 Å². The Bertz CT molecular complexity index is 420. The fourth-order valence-electron chi connectivity index (χ4n) is 1.70. The van der Waals surface area contributed by atoms with Crippen molar-refractivity contribution in [1.82, 2.24) is 5.32 Å². The molecule has 0 bridgehead atoms. The lowest BCUT2D eigenvalue weighted by molar-refractivity contribution is -0.125. The molecule has 0 aliphatic carbocycles. The van der Waals surface area contributed by atoms with Crippen LogP contribution in [0.2, 0.25) is 0 Å². The minimum atomic E-state index is -0.875. The molecule has 2 amide bonds. The highest BCUT2D eigenvalue weighted by molar-refractivity contribution is 5.77. The third kappa shape index (κ3) is 6.01. The predicted octanol–water partition coefficient (Wildman–Crippen LogP) is 0.565. The Hall–Kier alpha value is -1.88. The molecule has 0 spiro atoms. The number of aliphatic hydroxyl groups excluding tert-OH is 1. The molecular formula is C14H20N2O3. The van der Waals surface area contributed by atoms with E-state index in [9.17, 15) is 14.7 Å². The first kappa shape index (κ1) is 15.2. The molecule has 0 aliphatic rings. The molecule has 0 aromatic heterocycles. The van der Waals surface area contributed by atoms with Crippen LogP contribution in [0.3, 0.4) is 0 Å². The second kappa shape index (κ2) is 7.53. The number of rotatable bonds is 7. The van der Waals surface area contributed by atoms with Gasteiger partial charge in [-0.3, -0.25) is 9.59 Å². The van der Waals surface area contributed by atoms with Gasteiger partial charge in [0.1, 0.15) is 0 Å². The van der Waals surface area contributed by atoms with E-state index in [2.05, 4.69) is 5.32 Å². The molecule has 0 aliphatic heterocycles. The van der Waals surface area contributed by atoms with Gasteiger partial charge in [-0.1, -0.05) is 37.3 Å². The SMILES string of the molecule is C[C@H](CC(=O)NCc1ccccc1)[C@@H](O)CC(N)=O. The summed E-state index contributed by atoms with van der Waals surface area (Å²) in [5.41, 5.74) is 6.01. The summed E-state index contributed by atoms with van der Waals surface area (Å²) in [5.74, 6) is -1.02. The van der Waals surface area contributed by atoms with E-state index in [4.69, 9.17) is 5.73 Å². The third-order valence-corrected chi connectivity index (χ3v) is 2.91. The van der Waals surface area contributed by atoms with E-state index in [1.807, 2.05) is 30.3 Å². The van der Waals surface area contributed by atoms with E-state index in [1.54, 1.807) is 6.92 Å². The van der Waals surface area contributed by atoms with Gasteiger partial charge in [0, 0.05) is 13.0 Å². The molecule has 0 saturated heterocycles. The van der Waals surface area contributed by atoms with Crippen molar-refractivity contribution in [3.8, 4) is 0 Å². The normalized spacial score (nSPS) is 13.6. The molecule has 5 nitrogen and oxygen atoms in total. The zero-order valence-corrected chi connectivity index (χ0v) is 11.0. The second-order valence-electron chi connectivity index (χ2n) is 4.68. The van der Waals surface area contributed by atoms with Crippen LogP contribution in [0.5, 0.6) is 0 Å². The van der Waals surface area contributed by atoms with Gasteiger partial charge in [0.05, 0.1) is 12.5 Å². The van der Waals surface area contributed by atoms with Gasteiger partial charge in [-0.15, -0.1) is 0 Å². The standard InChI is InChI=1S/C14H20N2O3/c1-10(12(17)8-13(15)18)7-14(19)16-9-11-5-3-2-4-6-11/h2-6,10,12,17H,7-9H2,1H3,(H2,15,18)(H,16,19)/t10-,12+/m1/s1. The number of primary amides is 1. The number of benzene rings is 1. The number of nitrogens with two attached hydrogens (primary N) is 1. The van der Waals surface area contributed by atoms with Crippen molar-refractivity contribution >= 4 is 11.8 Å². The number of amides is 2. The Kier molecular flexibility index (Phi) is 6.02. The lowest BCUT2D eigenvalue weighted by Crippen LogP contribution is -2.31. The van der Waals surface area contributed by atoms with E-state index in [-0.39, 0.29) is 24.7 Å². The Labute approximate surface area is 112 Å². The second-order valence-corrected chi connectivity index (χ2v) is 4.68. The average molecular weight is 264 g/mol. The van der Waals surface area contributed by atoms with Gasteiger partial charge in [0.15, 0.2) is 0 Å². The summed E-state index contributed by atoms with van der Waals surface area (Å²) < 4.78 is 0. The molecule has 0 heterocycles. The number of carbonyl (C=O) groups excluding carboxylic acids is 2. The van der Waals surface area contributed by atoms with Gasteiger partial charge in [0.2, 0.25) is 11.8 Å². The van der Waals surface area contributed by atoms with Crippen LogP contribution in [-0.2, 0) is 16.1 Å². The zero-order valence-electron chi connectivity index (χ0n) is 11.0. The molecule has 1 aromatic carbocycles. The highest BCUT2D eigenvalue weighted by Crippen LogP contribution is 2.11. The number of carbonyl (C=O) groups is 2. The zero-order chi connectivity index (χ0) is 14.3. The fourth-order valence-corrected chi connectivity index (χ4v) is 1.70. The van der Waals surface area contributed by atoms with Crippen molar-refractivity contribution in [2.45, 2.75) is 32.4 Å². The molecule has 1 rings (SSSR count). The maximum Gasteiger partial charge on any atom is 0.220 e. The molecule has 2 atom stereocenters. The summed E-state index contributed by atoms with van der Waals surface area (Å²) in [6, 6.07) is 9.56. The highest BCUT2D eigenvalue weighted by Gasteiger charge is 2.19. The molecule has 5 heteroatoms. The summed E-state index contributed by atoms with van der Waals surface area (Å²) in [7, 11) is 0. The molecule has 0 fully saturated rings. The van der Waals surface area contributed by atoms with Crippen LogP contribution in [-0.4, -0.2) is 23.0 Å². The Morgan fingerprint density at radius 2 is 1.89 bits per heavy atom. The maximum absolute atomic E-state index is 11.7. The first-order valence-electron chi connectivity index (χ1n) is 6.26. The number of hydrogen-bond acceptors (Lipinski definition) is 3. The predicted molar refractivity (Wildman–Crippen MR) is 71.9 cm³/mol. The van der Waals surface area contributed by atoms with Crippen LogP contribution in [0.1, 0.15) is 25.3 Å². The molecule has 0 radical (unpaired) electrons. The van der Waals surface area contributed by atoms with Gasteiger partial charge in [0.25, 0.3) is 0 Å². The van der Waals surface area contributed by atoms with Gasteiger partial charge in [-0.2, -0.15) is 0 Å². The van der Waals surface area contributed by atoms with Gasteiger partial charge >= 0.3 is 0 Å². The third-order valence-electron chi connectivity index (χ3n) is 2.91. The summed E-state index contributed by atoms with van der Waals surface area (Å²) in [5, 5.41) is 12.4. The van der Waals surface area contributed by atoms with E-state index in [0.29, 0.717) is 6.54 Å². The van der Waals surface area contributed by atoms with Crippen molar-refractivity contribution in [2.75, 3.05) is 0 Å². The highest BCUT2D eigenvalue weighted by atomic mass is 16.3. The minimum Gasteiger partial charge on any atom is -0.392 e. The van der Waals surface area contributed by atoms with E-state index < -0.39 is 12.0 Å². The Morgan fingerprint density at radius 3 is 2.47 bits per heavy atom. The lowest BCUT2D eigenvalue weighted by atomic mass is 9.97. The van der Waals surface area contributed by atoms with Crippen molar-refractivity contribution in [3.63, 3.8) is 0 Å². The molecule has 0 saturated carbocycles. The fraction of sp³-hybridized carbons (Fsp3) is 0.429. The largest absolute Gasteiger partial charge is 0.392 e. The van der Waals surface area contributed by atoms with Crippen LogP contribution < -0.4 is 11.1 Å². The van der Waals surface area contributed by atoms with Crippen molar-refractivity contribution < 1.29 is 14.7 Å². The average Bonchev–Trinajstić information content (AvgIpc) is 2.36. The van der Waals surface area contributed by atoms with E-state index in [1.165, 1.54) is 0 Å². The van der Waals surface area contributed by atoms with Gasteiger partial charge in [-0.05, 0) is 11.5 Å². The van der Waals surface area contributed by atoms with Crippen LogP contribution >= 0.6 is 0 Å². The smallest absolute Gasteiger partial charge is 0.220 e. The molecule has 104 valence electrons. The summed E-state index contributed by atoms with van der Waals surface area (Å²) >= 11 is 0.